The number of hydrogen-bond acceptors (Lipinski definition) is 5. The van der Waals surface area contributed by atoms with Crippen LogP contribution in [0.15, 0.2) is 42.9 Å². The van der Waals surface area contributed by atoms with E-state index in [4.69, 9.17) is 19.6 Å². The summed E-state index contributed by atoms with van der Waals surface area (Å²) in [5.74, 6) is 0.408. The molecule has 2 aliphatic heterocycles. The summed E-state index contributed by atoms with van der Waals surface area (Å²) in [6.45, 7) is 4.45. The molecule has 4 aromatic rings. The normalized spacial score (nSPS) is 20.2. The maximum Gasteiger partial charge on any atom is 0.150 e. The van der Waals surface area contributed by atoms with E-state index >= 15 is 0 Å². The largest absolute Gasteiger partial charge is 0.381 e. The van der Waals surface area contributed by atoms with Gasteiger partial charge in [-0.3, -0.25) is 9.97 Å². The number of ether oxygens (including phenoxy) is 2. The van der Waals surface area contributed by atoms with Gasteiger partial charge in [-0.1, -0.05) is 0 Å². The Balaban J connectivity index is 1.56. The van der Waals surface area contributed by atoms with Gasteiger partial charge in [0.15, 0.2) is 6.23 Å². The maximum atomic E-state index is 6.01. The Labute approximate surface area is 187 Å². The fraction of sp³-hybridized carbons (Fsp3) is 0.423. The van der Waals surface area contributed by atoms with Gasteiger partial charge in [-0.15, -0.1) is 0 Å². The number of benzene rings is 1. The van der Waals surface area contributed by atoms with Crippen LogP contribution in [0, 0.1) is 6.92 Å². The number of aromatic nitrogens is 4. The molecule has 6 nitrogen and oxygen atoms in total. The summed E-state index contributed by atoms with van der Waals surface area (Å²) in [6.07, 6.45) is 11.3. The molecule has 2 aliphatic rings. The second-order valence-corrected chi connectivity index (χ2v) is 9.00. The molecule has 0 spiro atoms. The van der Waals surface area contributed by atoms with Crippen molar-refractivity contribution in [1.82, 2.24) is 19.7 Å². The zero-order valence-corrected chi connectivity index (χ0v) is 18.5. The first-order valence-electron chi connectivity index (χ1n) is 11.7. The van der Waals surface area contributed by atoms with Crippen molar-refractivity contribution in [3.8, 4) is 11.1 Å². The Kier molecular flexibility index (Phi) is 5.12. The highest BCUT2D eigenvalue weighted by Gasteiger charge is 2.24. The van der Waals surface area contributed by atoms with Gasteiger partial charge in [-0.2, -0.15) is 5.10 Å². The summed E-state index contributed by atoms with van der Waals surface area (Å²) < 4.78 is 13.7. The minimum atomic E-state index is 0.0236. The van der Waals surface area contributed by atoms with Gasteiger partial charge in [0.2, 0.25) is 0 Å². The van der Waals surface area contributed by atoms with Gasteiger partial charge in [0, 0.05) is 60.2 Å². The lowest BCUT2D eigenvalue weighted by Gasteiger charge is -2.25. The molecule has 0 radical (unpaired) electrons. The molecular formula is C26H28N4O2. The predicted molar refractivity (Wildman–Crippen MR) is 125 cm³/mol. The number of nitrogens with zero attached hydrogens (tertiary/aromatic N) is 4. The van der Waals surface area contributed by atoms with Crippen molar-refractivity contribution in [1.29, 1.82) is 0 Å². The van der Waals surface area contributed by atoms with E-state index in [1.54, 1.807) is 0 Å². The minimum Gasteiger partial charge on any atom is -0.381 e. The molecule has 0 amide bonds. The Morgan fingerprint density at radius 1 is 0.938 bits per heavy atom. The second kappa shape index (κ2) is 8.26. The summed E-state index contributed by atoms with van der Waals surface area (Å²) in [6, 6.07) is 8.79. The summed E-state index contributed by atoms with van der Waals surface area (Å²) in [5, 5.41) is 8.22. The average molecular weight is 429 g/mol. The lowest BCUT2D eigenvalue weighted by molar-refractivity contribution is -0.0366. The van der Waals surface area contributed by atoms with Crippen molar-refractivity contribution in [2.75, 3.05) is 19.8 Å². The SMILES string of the molecule is Cc1cc(-c2c(C3CCOCC3)ncc3cc4c(cnn4C4CCCCO4)cc23)ccn1. The Hall–Kier alpha value is -2.83. The number of pyridine rings is 2. The molecule has 6 rings (SSSR count). The molecule has 1 aromatic carbocycles. The van der Waals surface area contributed by atoms with Crippen molar-refractivity contribution in [2.45, 2.75) is 51.2 Å². The maximum absolute atomic E-state index is 6.01. The zero-order chi connectivity index (χ0) is 21.5. The first-order chi connectivity index (χ1) is 15.8. The van der Waals surface area contributed by atoms with Crippen LogP contribution < -0.4 is 0 Å². The topological polar surface area (TPSA) is 62.1 Å². The average Bonchev–Trinajstić information content (AvgIpc) is 3.26. The summed E-state index contributed by atoms with van der Waals surface area (Å²) in [4.78, 5) is 9.46. The number of aryl methyl sites for hydroxylation is 1. The van der Waals surface area contributed by atoms with Crippen LogP contribution in [0.2, 0.25) is 0 Å². The van der Waals surface area contributed by atoms with Crippen molar-refractivity contribution in [3.05, 3.63) is 54.2 Å². The van der Waals surface area contributed by atoms with Crippen LogP contribution >= 0.6 is 0 Å². The van der Waals surface area contributed by atoms with Gasteiger partial charge in [-0.25, -0.2) is 4.68 Å². The highest BCUT2D eigenvalue weighted by Crippen LogP contribution is 2.40. The highest BCUT2D eigenvalue weighted by atomic mass is 16.5. The van der Waals surface area contributed by atoms with E-state index in [1.807, 2.05) is 25.5 Å². The molecule has 0 bridgehead atoms. The van der Waals surface area contributed by atoms with Crippen LogP contribution in [0.3, 0.4) is 0 Å². The number of hydrogen-bond donors (Lipinski definition) is 0. The predicted octanol–water partition coefficient (Wildman–Crippen LogP) is 5.55. The summed E-state index contributed by atoms with van der Waals surface area (Å²) >= 11 is 0. The fourth-order valence-corrected chi connectivity index (χ4v) is 5.21. The molecule has 0 saturated carbocycles. The number of fused-ring (bicyclic) bond motifs is 2. The van der Waals surface area contributed by atoms with Crippen LogP contribution in [0.1, 0.15) is 55.6 Å². The lowest BCUT2D eigenvalue weighted by Crippen LogP contribution is -2.19. The molecule has 2 saturated heterocycles. The number of rotatable bonds is 3. The standard InChI is InChI=1S/C26H28N4O2/c1-17-12-19(5-8-27-17)25-22-13-21-16-29-30(24-4-2-3-9-32-24)23(21)14-20(22)15-28-26(25)18-6-10-31-11-7-18/h5,8,12-16,18,24H,2-4,6-7,9-11H2,1H3. The van der Waals surface area contributed by atoms with E-state index in [0.29, 0.717) is 5.92 Å². The van der Waals surface area contributed by atoms with Crippen molar-refractivity contribution < 1.29 is 9.47 Å². The molecule has 32 heavy (non-hydrogen) atoms. The Morgan fingerprint density at radius 2 is 1.84 bits per heavy atom. The highest BCUT2D eigenvalue weighted by molar-refractivity contribution is 6.04. The Bertz CT molecular complexity index is 1270. The molecule has 164 valence electrons. The minimum absolute atomic E-state index is 0.0236. The van der Waals surface area contributed by atoms with Crippen LogP contribution in [0.5, 0.6) is 0 Å². The summed E-state index contributed by atoms with van der Waals surface area (Å²) in [7, 11) is 0. The monoisotopic (exact) mass is 428 g/mol. The van der Waals surface area contributed by atoms with Gasteiger partial charge < -0.3 is 9.47 Å². The molecular weight excluding hydrogens is 400 g/mol. The molecule has 5 heterocycles. The molecule has 2 fully saturated rings. The first kappa shape index (κ1) is 19.8. The van der Waals surface area contributed by atoms with Crippen molar-refractivity contribution in [2.24, 2.45) is 0 Å². The van der Waals surface area contributed by atoms with Crippen LogP contribution in [0.25, 0.3) is 32.8 Å². The van der Waals surface area contributed by atoms with Gasteiger partial charge in [0.1, 0.15) is 0 Å². The van der Waals surface area contributed by atoms with E-state index in [1.165, 1.54) is 28.6 Å². The van der Waals surface area contributed by atoms with E-state index in [2.05, 4.69) is 33.9 Å². The van der Waals surface area contributed by atoms with Crippen LogP contribution in [0.4, 0.5) is 0 Å². The Morgan fingerprint density at radius 3 is 2.66 bits per heavy atom. The molecule has 0 N–H and O–H groups in total. The second-order valence-electron chi connectivity index (χ2n) is 9.00. The molecule has 1 unspecified atom stereocenters. The van der Waals surface area contributed by atoms with Gasteiger partial charge >= 0.3 is 0 Å². The summed E-state index contributed by atoms with van der Waals surface area (Å²) in [5.41, 5.74) is 5.71. The zero-order valence-electron chi connectivity index (χ0n) is 18.5. The van der Waals surface area contributed by atoms with Crippen LogP contribution in [-0.4, -0.2) is 39.6 Å². The first-order valence-corrected chi connectivity index (χ1v) is 11.7. The third kappa shape index (κ3) is 3.48. The van der Waals surface area contributed by atoms with Crippen molar-refractivity contribution in [3.63, 3.8) is 0 Å². The van der Waals surface area contributed by atoms with E-state index in [9.17, 15) is 0 Å². The van der Waals surface area contributed by atoms with E-state index in [-0.39, 0.29) is 6.23 Å². The van der Waals surface area contributed by atoms with E-state index < -0.39 is 0 Å². The van der Waals surface area contributed by atoms with Gasteiger partial charge in [-0.05, 0) is 74.2 Å². The lowest BCUT2D eigenvalue weighted by atomic mass is 9.87. The van der Waals surface area contributed by atoms with E-state index in [0.717, 1.165) is 67.5 Å². The third-order valence-corrected chi connectivity index (χ3v) is 6.86. The molecule has 1 atom stereocenters. The third-order valence-electron chi connectivity index (χ3n) is 6.86. The smallest absolute Gasteiger partial charge is 0.150 e. The molecule has 0 aliphatic carbocycles. The van der Waals surface area contributed by atoms with Crippen LogP contribution in [-0.2, 0) is 9.47 Å². The molecule has 6 heteroatoms. The fourth-order valence-electron chi connectivity index (χ4n) is 5.21. The van der Waals surface area contributed by atoms with Gasteiger partial charge in [0.25, 0.3) is 0 Å². The molecule has 3 aromatic heterocycles. The van der Waals surface area contributed by atoms with Crippen molar-refractivity contribution >= 4 is 21.7 Å². The quantitative estimate of drug-likeness (QED) is 0.428. The van der Waals surface area contributed by atoms with Gasteiger partial charge in [0.05, 0.1) is 17.4 Å².